The van der Waals surface area contributed by atoms with Gasteiger partial charge in [-0.3, -0.25) is 4.90 Å². The smallest absolute Gasteiger partial charge is 0.227 e. The molecule has 2 aliphatic rings. The first kappa shape index (κ1) is 25.8. The number of hydrogen-bond donors (Lipinski definition) is 1. The van der Waals surface area contributed by atoms with E-state index in [2.05, 4.69) is 25.1 Å². The molecule has 5 rings (SSSR count). The van der Waals surface area contributed by atoms with Crippen LogP contribution in [0.2, 0.25) is 0 Å². The van der Waals surface area contributed by atoms with Crippen molar-refractivity contribution < 1.29 is 27.7 Å². The van der Waals surface area contributed by atoms with Gasteiger partial charge in [0.05, 0.1) is 45.0 Å². The molecule has 0 unspecified atom stereocenters. The van der Waals surface area contributed by atoms with Crippen LogP contribution >= 0.6 is 0 Å². The zero-order chi connectivity index (χ0) is 26.6. The number of piperazine rings is 1. The highest BCUT2D eigenvalue weighted by atomic mass is 19.1. The first-order valence-electron chi connectivity index (χ1n) is 12.5. The van der Waals surface area contributed by atoms with Crippen LogP contribution in [0.5, 0.6) is 23.0 Å². The minimum atomic E-state index is -0.854. The van der Waals surface area contributed by atoms with Crippen molar-refractivity contribution in [1.82, 2.24) is 14.9 Å². The van der Waals surface area contributed by atoms with Crippen molar-refractivity contribution in [2.24, 2.45) is 0 Å². The molecule has 0 amide bonds. The highest BCUT2D eigenvalue weighted by molar-refractivity contribution is 5.67. The van der Waals surface area contributed by atoms with Crippen molar-refractivity contribution in [3.8, 4) is 23.0 Å². The highest BCUT2D eigenvalue weighted by Crippen LogP contribution is 2.35. The Morgan fingerprint density at radius 1 is 0.868 bits per heavy atom. The molecule has 1 aliphatic carbocycles. The lowest BCUT2D eigenvalue weighted by molar-refractivity contribution is 0.247. The summed E-state index contributed by atoms with van der Waals surface area (Å²) in [5.74, 6) is -0.633. The molecular weight excluding hydrogens is 496 g/mol. The van der Waals surface area contributed by atoms with Gasteiger partial charge >= 0.3 is 0 Å². The molecule has 2 aromatic carbocycles. The van der Waals surface area contributed by atoms with Gasteiger partial charge in [0.15, 0.2) is 28.9 Å². The summed E-state index contributed by atoms with van der Waals surface area (Å²) >= 11 is 0. The first-order valence-corrected chi connectivity index (χ1v) is 12.5. The number of ether oxygens (including phenoxy) is 4. The number of halogens is 2. The number of nitrogens with one attached hydrogen (secondary N) is 1. The Bertz CT molecular complexity index is 1240. The molecule has 0 atom stereocenters. The number of rotatable bonds is 10. The maximum absolute atomic E-state index is 14.6. The van der Waals surface area contributed by atoms with E-state index in [9.17, 15) is 8.78 Å². The maximum Gasteiger partial charge on any atom is 0.227 e. The van der Waals surface area contributed by atoms with Crippen LogP contribution in [-0.4, -0.2) is 68.4 Å². The molecule has 1 saturated heterocycles. The fraction of sp³-hybridized carbons (Fsp3) is 0.407. The Balaban J connectivity index is 1.21. The van der Waals surface area contributed by atoms with Gasteiger partial charge in [0.2, 0.25) is 5.95 Å². The van der Waals surface area contributed by atoms with Crippen molar-refractivity contribution in [2.75, 3.05) is 57.7 Å². The second-order valence-corrected chi connectivity index (χ2v) is 9.18. The second-order valence-electron chi connectivity index (χ2n) is 9.18. The molecule has 9 nitrogen and oxygen atoms in total. The van der Waals surface area contributed by atoms with Gasteiger partial charge in [-0.25, -0.2) is 18.7 Å². The van der Waals surface area contributed by atoms with Crippen LogP contribution in [0.1, 0.15) is 18.4 Å². The fourth-order valence-corrected chi connectivity index (χ4v) is 4.59. The van der Waals surface area contributed by atoms with Crippen LogP contribution in [0.25, 0.3) is 0 Å². The van der Waals surface area contributed by atoms with E-state index in [-0.39, 0.29) is 22.8 Å². The van der Waals surface area contributed by atoms with Gasteiger partial charge in [0, 0.05) is 50.0 Å². The molecule has 1 aliphatic heterocycles. The number of methoxy groups -OCH3 is 3. The van der Waals surface area contributed by atoms with Crippen molar-refractivity contribution in [3.05, 3.63) is 53.9 Å². The maximum atomic E-state index is 14.6. The van der Waals surface area contributed by atoms with E-state index in [0.29, 0.717) is 5.95 Å². The van der Waals surface area contributed by atoms with Gasteiger partial charge in [-0.2, -0.15) is 0 Å². The van der Waals surface area contributed by atoms with Crippen molar-refractivity contribution in [3.63, 3.8) is 0 Å². The van der Waals surface area contributed by atoms with E-state index in [0.717, 1.165) is 55.4 Å². The molecule has 2 fully saturated rings. The molecule has 38 heavy (non-hydrogen) atoms. The second kappa shape index (κ2) is 11.3. The van der Waals surface area contributed by atoms with E-state index >= 15 is 0 Å². The summed E-state index contributed by atoms with van der Waals surface area (Å²) in [6, 6.07) is 7.85. The Kier molecular flexibility index (Phi) is 7.64. The van der Waals surface area contributed by atoms with Gasteiger partial charge in [0.25, 0.3) is 0 Å². The van der Waals surface area contributed by atoms with E-state index in [4.69, 9.17) is 18.9 Å². The summed E-state index contributed by atoms with van der Waals surface area (Å²) in [6.45, 7) is 3.69. The van der Waals surface area contributed by atoms with Crippen LogP contribution in [0, 0.1) is 11.6 Å². The van der Waals surface area contributed by atoms with Crippen LogP contribution in [0.15, 0.2) is 36.7 Å². The molecule has 0 bridgehead atoms. The van der Waals surface area contributed by atoms with Gasteiger partial charge in [0.1, 0.15) is 12.4 Å². The lowest BCUT2D eigenvalue weighted by Gasteiger charge is -2.36. The Morgan fingerprint density at radius 3 is 2.08 bits per heavy atom. The Morgan fingerprint density at radius 2 is 1.50 bits per heavy atom. The number of benzene rings is 2. The summed E-state index contributed by atoms with van der Waals surface area (Å²) in [5, 5.41) is 3.15. The van der Waals surface area contributed by atoms with E-state index in [1.165, 1.54) is 39.5 Å². The lowest BCUT2D eigenvalue weighted by Crippen LogP contribution is -2.47. The monoisotopic (exact) mass is 527 g/mol. The summed E-state index contributed by atoms with van der Waals surface area (Å²) in [5.41, 5.74) is 1.51. The molecule has 0 radical (unpaired) electrons. The third-order valence-corrected chi connectivity index (χ3v) is 6.83. The Hall–Kier alpha value is -3.86. The lowest BCUT2D eigenvalue weighted by atomic mass is 10.1. The van der Waals surface area contributed by atoms with Crippen molar-refractivity contribution in [1.29, 1.82) is 0 Å². The minimum absolute atomic E-state index is 0.139. The van der Waals surface area contributed by atoms with Crippen LogP contribution in [0.4, 0.5) is 26.1 Å². The number of anilines is 3. The zero-order valence-corrected chi connectivity index (χ0v) is 21.7. The average molecular weight is 528 g/mol. The predicted octanol–water partition coefficient (Wildman–Crippen LogP) is 4.39. The molecule has 202 valence electrons. The average Bonchev–Trinajstić information content (AvgIpc) is 3.80. The van der Waals surface area contributed by atoms with E-state index < -0.39 is 18.2 Å². The zero-order valence-electron chi connectivity index (χ0n) is 21.7. The molecular formula is C27H31F2N5O4. The third-order valence-electron chi connectivity index (χ3n) is 6.83. The SMILES string of the molecule is COc1cc(Nc2ncc(OCc3c(F)c(OC)cc(OC)c3F)cn2)ccc1N1CCN(C2CC2)CC1. The number of aromatic nitrogens is 2. The van der Waals surface area contributed by atoms with Crippen molar-refractivity contribution in [2.45, 2.75) is 25.5 Å². The Labute approximate surface area is 220 Å². The molecule has 1 saturated carbocycles. The molecule has 2 heterocycles. The van der Waals surface area contributed by atoms with Crippen LogP contribution in [-0.2, 0) is 6.61 Å². The topological polar surface area (TPSA) is 81.2 Å². The minimum Gasteiger partial charge on any atom is -0.495 e. The van der Waals surface area contributed by atoms with E-state index in [1.54, 1.807) is 7.11 Å². The van der Waals surface area contributed by atoms with Crippen LogP contribution < -0.4 is 29.2 Å². The predicted molar refractivity (Wildman–Crippen MR) is 139 cm³/mol. The van der Waals surface area contributed by atoms with E-state index in [1.807, 2.05) is 18.2 Å². The quantitative estimate of drug-likeness (QED) is 0.413. The summed E-state index contributed by atoms with van der Waals surface area (Å²) in [4.78, 5) is 13.4. The molecule has 3 aromatic rings. The van der Waals surface area contributed by atoms with Gasteiger partial charge in [-0.05, 0) is 25.0 Å². The van der Waals surface area contributed by atoms with Gasteiger partial charge in [-0.1, -0.05) is 0 Å². The van der Waals surface area contributed by atoms with Crippen molar-refractivity contribution >= 4 is 17.3 Å². The number of nitrogens with zero attached hydrogens (tertiary/aromatic N) is 4. The molecule has 1 aromatic heterocycles. The third kappa shape index (κ3) is 5.52. The first-order chi connectivity index (χ1) is 18.5. The summed E-state index contributed by atoms with van der Waals surface area (Å²) in [7, 11) is 4.24. The number of hydrogen-bond acceptors (Lipinski definition) is 9. The van der Waals surface area contributed by atoms with Gasteiger partial charge < -0.3 is 29.2 Å². The normalized spacial score (nSPS) is 15.8. The standard InChI is InChI=1S/C27H31F2N5O4/c1-35-22-12-17(4-7-21(22)34-10-8-33(9-11-34)18-5-6-18)32-27-30-14-19(15-31-27)38-16-20-25(28)23(36-2)13-24(37-3)26(20)29/h4,7,12-15,18H,5-6,8-11,16H2,1-3H3,(H,30,31,32). The van der Waals surface area contributed by atoms with Crippen LogP contribution in [0.3, 0.4) is 0 Å². The molecule has 0 spiro atoms. The van der Waals surface area contributed by atoms with Gasteiger partial charge in [-0.15, -0.1) is 0 Å². The molecule has 11 heteroatoms. The summed E-state index contributed by atoms with van der Waals surface area (Å²) < 4.78 is 50.2. The summed E-state index contributed by atoms with van der Waals surface area (Å²) in [6.07, 6.45) is 5.50. The molecule has 1 N–H and O–H groups in total. The largest absolute Gasteiger partial charge is 0.495 e. The highest BCUT2D eigenvalue weighted by Gasteiger charge is 2.31. The fourth-order valence-electron chi connectivity index (χ4n) is 4.59.